The summed E-state index contributed by atoms with van der Waals surface area (Å²) < 4.78 is 0. The zero-order chi connectivity index (χ0) is 11.5. The van der Waals surface area contributed by atoms with E-state index in [0.717, 1.165) is 18.7 Å². The van der Waals surface area contributed by atoms with Gasteiger partial charge in [0.05, 0.1) is 0 Å². The molecule has 0 aliphatic heterocycles. The van der Waals surface area contributed by atoms with Crippen LogP contribution >= 0.6 is 0 Å². The third kappa shape index (κ3) is 2.79. The Kier molecular flexibility index (Phi) is 3.54. The van der Waals surface area contributed by atoms with Crippen molar-refractivity contribution in [1.82, 2.24) is 9.97 Å². The average Bonchev–Trinajstić information content (AvgIpc) is 3.09. The zero-order valence-electron chi connectivity index (χ0n) is 10.2. The van der Waals surface area contributed by atoms with Crippen LogP contribution < -0.4 is 5.73 Å². The van der Waals surface area contributed by atoms with Crippen molar-refractivity contribution in [2.24, 2.45) is 5.73 Å². The van der Waals surface area contributed by atoms with Crippen LogP contribution in [-0.4, -0.2) is 16.5 Å². The second kappa shape index (κ2) is 4.91. The van der Waals surface area contributed by atoms with Crippen molar-refractivity contribution >= 4 is 0 Å². The Bertz CT molecular complexity index is 336. The molecule has 1 heterocycles. The van der Waals surface area contributed by atoms with E-state index in [2.05, 4.69) is 29.9 Å². The normalized spacial score (nSPS) is 15.8. The lowest BCUT2D eigenvalue weighted by atomic mass is 10.1. The largest absolute Gasteiger partial charge is 0.330 e. The van der Waals surface area contributed by atoms with Gasteiger partial charge in [0.25, 0.3) is 0 Å². The maximum absolute atomic E-state index is 5.53. The molecular weight excluding hydrogens is 198 g/mol. The van der Waals surface area contributed by atoms with Crippen LogP contribution in [0.2, 0.25) is 0 Å². The van der Waals surface area contributed by atoms with E-state index in [1.807, 2.05) is 0 Å². The number of nitrogens with two attached hydrogens (primary N) is 1. The van der Waals surface area contributed by atoms with Gasteiger partial charge in [-0.2, -0.15) is 0 Å². The summed E-state index contributed by atoms with van der Waals surface area (Å²) in [4.78, 5) is 9.26. The van der Waals surface area contributed by atoms with Crippen molar-refractivity contribution in [2.75, 3.05) is 6.54 Å². The molecule has 2 rings (SSSR count). The molecule has 3 heteroatoms. The highest BCUT2D eigenvalue weighted by atomic mass is 14.9. The minimum atomic E-state index is 0.483. The van der Waals surface area contributed by atoms with Crippen LogP contribution in [0.4, 0.5) is 0 Å². The highest BCUT2D eigenvalue weighted by molar-refractivity contribution is 5.21. The number of hydrogen-bond donors (Lipinski definition) is 1. The molecule has 1 aromatic heterocycles. The van der Waals surface area contributed by atoms with Gasteiger partial charge in [-0.1, -0.05) is 13.8 Å². The highest BCUT2D eigenvalue weighted by Gasteiger charge is 2.26. The van der Waals surface area contributed by atoms with Crippen molar-refractivity contribution in [3.05, 3.63) is 23.3 Å². The molecule has 1 aliphatic carbocycles. The summed E-state index contributed by atoms with van der Waals surface area (Å²) in [6.07, 6.45) is 4.48. The first kappa shape index (κ1) is 11.5. The molecular formula is C13H21N3. The fourth-order valence-corrected chi connectivity index (χ4v) is 1.80. The predicted octanol–water partition coefficient (Wildman–Crippen LogP) is 2.37. The molecule has 88 valence electrons. The van der Waals surface area contributed by atoms with E-state index < -0.39 is 0 Å². The number of hydrogen-bond acceptors (Lipinski definition) is 3. The molecule has 1 aliphatic rings. The Hall–Kier alpha value is -0.960. The van der Waals surface area contributed by atoms with Gasteiger partial charge in [0.1, 0.15) is 5.82 Å². The molecule has 3 nitrogen and oxygen atoms in total. The van der Waals surface area contributed by atoms with Crippen molar-refractivity contribution in [3.63, 3.8) is 0 Å². The molecule has 0 spiro atoms. The fourth-order valence-electron chi connectivity index (χ4n) is 1.80. The first-order chi connectivity index (χ1) is 7.70. The van der Waals surface area contributed by atoms with Gasteiger partial charge in [0.2, 0.25) is 0 Å². The Balaban J connectivity index is 2.21. The van der Waals surface area contributed by atoms with Crippen molar-refractivity contribution in [1.29, 1.82) is 0 Å². The maximum Gasteiger partial charge on any atom is 0.128 e. The summed E-state index contributed by atoms with van der Waals surface area (Å²) in [5, 5.41) is 0. The fraction of sp³-hybridized carbons (Fsp3) is 0.692. The van der Waals surface area contributed by atoms with E-state index in [1.165, 1.54) is 24.2 Å². The van der Waals surface area contributed by atoms with Gasteiger partial charge >= 0.3 is 0 Å². The van der Waals surface area contributed by atoms with Crippen LogP contribution in [-0.2, 0) is 6.42 Å². The monoisotopic (exact) mass is 219 g/mol. The summed E-state index contributed by atoms with van der Waals surface area (Å²) in [6, 6.07) is 2.19. The van der Waals surface area contributed by atoms with Crippen LogP contribution in [0.25, 0.3) is 0 Å². The number of nitrogens with zero attached hydrogens (tertiary/aromatic N) is 2. The summed E-state index contributed by atoms with van der Waals surface area (Å²) in [5.41, 5.74) is 7.97. The third-order valence-electron chi connectivity index (χ3n) is 3.00. The van der Waals surface area contributed by atoms with Gasteiger partial charge in [-0.05, 0) is 37.8 Å². The molecule has 0 amide bonds. The molecule has 0 aromatic carbocycles. The summed E-state index contributed by atoms with van der Waals surface area (Å²) >= 11 is 0. The molecule has 0 saturated heterocycles. The van der Waals surface area contributed by atoms with Crippen molar-refractivity contribution in [3.8, 4) is 0 Å². The van der Waals surface area contributed by atoms with E-state index in [0.29, 0.717) is 18.4 Å². The van der Waals surface area contributed by atoms with Crippen molar-refractivity contribution < 1.29 is 0 Å². The molecule has 1 aromatic rings. The Labute approximate surface area is 97.5 Å². The summed E-state index contributed by atoms with van der Waals surface area (Å²) in [5.74, 6) is 2.17. The Morgan fingerprint density at radius 1 is 1.38 bits per heavy atom. The minimum Gasteiger partial charge on any atom is -0.330 e. The van der Waals surface area contributed by atoms with Gasteiger partial charge < -0.3 is 5.73 Å². The van der Waals surface area contributed by atoms with E-state index in [-0.39, 0.29) is 0 Å². The first-order valence-electron chi connectivity index (χ1n) is 6.28. The lowest BCUT2D eigenvalue weighted by Crippen LogP contribution is -2.07. The molecule has 0 atom stereocenters. The van der Waals surface area contributed by atoms with Gasteiger partial charge in [0, 0.05) is 23.7 Å². The maximum atomic E-state index is 5.53. The lowest BCUT2D eigenvalue weighted by molar-refractivity contribution is 0.729. The lowest BCUT2D eigenvalue weighted by Gasteiger charge is -2.09. The predicted molar refractivity (Wildman–Crippen MR) is 65.5 cm³/mol. The van der Waals surface area contributed by atoms with E-state index >= 15 is 0 Å². The Morgan fingerprint density at radius 3 is 2.69 bits per heavy atom. The summed E-state index contributed by atoms with van der Waals surface area (Å²) in [6.45, 7) is 5.09. The quantitative estimate of drug-likeness (QED) is 0.827. The number of aromatic nitrogens is 2. The molecule has 0 unspecified atom stereocenters. The first-order valence-corrected chi connectivity index (χ1v) is 6.28. The van der Waals surface area contributed by atoms with Gasteiger partial charge in [-0.15, -0.1) is 0 Å². The van der Waals surface area contributed by atoms with Gasteiger partial charge in [-0.3, -0.25) is 0 Å². The summed E-state index contributed by atoms with van der Waals surface area (Å²) in [7, 11) is 0. The molecule has 1 fully saturated rings. The van der Waals surface area contributed by atoms with Crippen LogP contribution in [0.15, 0.2) is 6.07 Å². The molecule has 0 bridgehead atoms. The molecule has 16 heavy (non-hydrogen) atoms. The van der Waals surface area contributed by atoms with Crippen LogP contribution in [0, 0.1) is 0 Å². The average molecular weight is 219 g/mol. The third-order valence-corrected chi connectivity index (χ3v) is 3.00. The second-order valence-electron chi connectivity index (χ2n) is 4.96. The smallest absolute Gasteiger partial charge is 0.128 e. The number of aryl methyl sites for hydroxylation is 1. The van der Waals surface area contributed by atoms with Crippen molar-refractivity contribution in [2.45, 2.75) is 51.4 Å². The molecule has 1 saturated carbocycles. The van der Waals surface area contributed by atoms with Gasteiger partial charge in [0.15, 0.2) is 0 Å². The van der Waals surface area contributed by atoms with Crippen LogP contribution in [0.5, 0.6) is 0 Å². The molecule has 0 radical (unpaired) electrons. The SMILES string of the molecule is CC(C)c1cc(C2CC2)nc(CCCN)n1. The standard InChI is InChI=1S/C13H21N3/c1-9(2)11-8-12(10-5-6-10)16-13(15-11)4-3-7-14/h8-10H,3-7,14H2,1-2H3. The van der Waals surface area contributed by atoms with Crippen LogP contribution in [0.1, 0.15) is 62.2 Å². The highest BCUT2D eigenvalue weighted by Crippen LogP contribution is 2.39. The van der Waals surface area contributed by atoms with Crippen LogP contribution in [0.3, 0.4) is 0 Å². The van der Waals surface area contributed by atoms with Gasteiger partial charge in [-0.25, -0.2) is 9.97 Å². The van der Waals surface area contributed by atoms with E-state index in [1.54, 1.807) is 0 Å². The van der Waals surface area contributed by atoms with E-state index in [4.69, 9.17) is 5.73 Å². The molecule has 2 N–H and O–H groups in total. The topological polar surface area (TPSA) is 51.8 Å². The minimum absolute atomic E-state index is 0.483. The Morgan fingerprint density at radius 2 is 2.12 bits per heavy atom. The number of rotatable bonds is 5. The zero-order valence-corrected chi connectivity index (χ0v) is 10.2. The second-order valence-corrected chi connectivity index (χ2v) is 4.96. The van der Waals surface area contributed by atoms with E-state index in [9.17, 15) is 0 Å².